The van der Waals surface area contributed by atoms with Gasteiger partial charge in [0.2, 0.25) is 5.89 Å². The van der Waals surface area contributed by atoms with E-state index >= 15 is 0 Å². The van der Waals surface area contributed by atoms with Crippen molar-refractivity contribution < 1.29 is 14.1 Å². The Labute approximate surface area is 157 Å². The number of anilines is 1. The SMILES string of the molecule is Cc1cc(C)c(NC(=O)C[NH+](C)Cc2coc(-c3cccs3)n2)c(C)c1. The number of likely N-dealkylation sites (N-methyl/N-ethyl adjacent to an activating group) is 1. The molecule has 2 aromatic heterocycles. The van der Waals surface area contributed by atoms with E-state index in [0.717, 1.165) is 32.3 Å². The Balaban J connectivity index is 1.58. The number of carbonyl (C=O) groups is 1. The minimum atomic E-state index is -0.000437. The zero-order chi connectivity index (χ0) is 18.7. The Morgan fingerprint density at radius 3 is 2.65 bits per heavy atom. The number of thiophene rings is 1. The Morgan fingerprint density at radius 1 is 1.27 bits per heavy atom. The predicted molar refractivity (Wildman–Crippen MR) is 105 cm³/mol. The normalized spacial score (nSPS) is 12.2. The standard InChI is InChI=1S/C20H23N3O2S/c1-13-8-14(2)19(15(3)9-13)22-18(24)11-23(4)10-16-12-25-20(21-16)17-6-5-7-26-17/h5-9,12H,10-11H2,1-4H3,(H,22,24)/p+1. The summed E-state index contributed by atoms with van der Waals surface area (Å²) in [4.78, 5) is 19.0. The maximum atomic E-state index is 12.4. The summed E-state index contributed by atoms with van der Waals surface area (Å²) in [6.45, 7) is 7.11. The number of carbonyl (C=O) groups excluding carboxylic acids is 1. The van der Waals surface area contributed by atoms with Crippen LogP contribution in [0.15, 0.2) is 40.3 Å². The summed E-state index contributed by atoms with van der Waals surface area (Å²) < 4.78 is 5.54. The fourth-order valence-corrected chi connectivity index (χ4v) is 3.76. The van der Waals surface area contributed by atoms with Crippen LogP contribution in [0.1, 0.15) is 22.4 Å². The fraction of sp³-hybridized carbons (Fsp3) is 0.300. The molecule has 26 heavy (non-hydrogen) atoms. The van der Waals surface area contributed by atoms with Gasteiger partial charge in [-0.15, -0.1) is 11.3 Å². The second kappa shape index (κ2) is 7.85. The molecule has 1 unspecified atom stereocenters. The molecule has 0 bridgehead atoms. The summed E-state index contributed by atoms with van der Waals surface area (Å²) in [6.07, 6.45) is 1.67. The number of nitrogens with zero attached hydrogens (tertiary/aromatic N) is 1. The van der Waals surface area contributed by atoms with Crippen molar-refractivity contribution in [1.82, 2.24) is 4.98 Å². The van der Waals surface area contributed by atoms with E-state index in [1.54, 1.807) is 17.6 Å². The lowest BCUT2D eigenvalue weighted by atomic mass is 10.1. The monoisotopic (exact) mass is 370 g/mol. The second-order valence-corrected chi connectivity index (χ2v) is 7.70. The van der Waals surface area contributed by atoms with Crippen LogP contribution in [0, 0.1) is 20.8 Å². The lowest BCUT2D eigenvalue weighted by Gasteiger charge is -2.15. The first kappa shape index (κ1) is 18.4. The number of hydrogen-bond acceptors (Lipinski definition) is 4. The van der Waals surface area contributed by atoms with Crippen molar-refractivity contribution in [3.05, 3.63) is 58.3 Å². The van der Waals surface area contributed by atoms with Crippen LogP contribution in [0.3, 0.4) is 0 Å². The molecule has 1 aromatic carbocycles. The minimum absolute atomic E-state index is 0.000437. The highest BCUT2D eigenvalue weighted by Gasteiger charge is 2.16. The van der Waals surface area contributed by atoms with Crippen molar-refractivity contribution in [2.45, 2.75) is 27.3 Å². The number of benzene rings is 1. The summed E-state index contributed by atoms with van der Waals surface area (Å²) in [5.74, 6) is 0.637. The van der Waals surface area contributed by atoms with E-state index in [-0.39, 0.29) is 5.91 Å². The largest absolute Gasteiger partial charge is 0.443 e. The van der Waals surface area contributed by atoms with Gasteiger partial charge in [0.1, 0.15) is 18.5 Å². The second-order valence-electron chi connectivity index (χ2n) is 6.75. The lowest BCUT2D eigenvalue weighted by molar-refractivity contribution is -0.885. The van der Waals surface area contributed by atoms with E-state index in [1.807, 2.05) is 38.4 Å². The Hall–Kier alpha value is -2.44. The zero-order valence-corrected chi connectivity index (χ0v) is 16.4. The van der Waals surface area contributed by atoms with Crippen LogP contribution < -0.4 is 10.2 Å². The van der Waals surface area contributed by atoms with Crippen molar-refractivity contribution in [2.24, 2.45) is 0 Å². The van der Waals surface area contributed by atoms with Gasteiger partial charge in [-0.25, -0.2) is 4.98 Å². The molecule has 2 N–H and O–H groups in total. The molecular formula is C20H24N3O2S+. The van der Waals surface area contributed by atoms with Gasteiger partial charge in [0, 0.05) is 5.69 Å². The van der Waals surface area contributed by atoms with Gasteiger partial charge in [0.15, 0.2) is 6.54 Å². The number of amides is 1. The lowest BCUT2D eigenvalue weighted by Crippen LogP contribution is -3.08. The molecule has 3 rings (SSSR count). The quantitative estimate of drug-likeness (QED) is 0.701. The van der Waals surface area contributed by atoms with Crippen molar-refractivity contribution in [3.8, 4) is 10.8 Å². The van der Waals surface area contributed by atoms with Crippen molar-refractivity contribution in [1.29, 1.82) is 0 Å². The molecule has 6 heteroatoms. The number of hydrogen-bond donors (Lipinski definition) is 2. The highest BCUT2D eigenvalue weighted by molar-refractivity contribution is 7.13. The van der Waals surface area contributed by atoms with E-state index in [1.165, 1.54) is 5.56 Å². The van der Waals surface area contributed by atoms with Gasteiger partial charge in [-0.3, -0.25) is 4.79 Å². The number of rotatable bonds is 6. The summed E-state index contributed by atoms with van der Waals surface area (Å²) in [7, 11) is 1.98. The first-order valence-corrected chi connectivity index (χ1v) is 9.47. The molecular weight excluding hydrogens is 346 g/mol. The van der Waals surface area contributed by atoms with Gasteiger partial charge >= 0.3 is 0 Å². The molecule has 5 nitrogen and oxygen atoms in total. The fourth-order valence-electron chi connectivity index (χ4n) is 3.11. The van der Waals surface area contributed by atoms with Crippen LogP contribution in [0.4, 0.5) is 5.69 Å². The predicted octanol–water partition coefficient (Wildman–Crippen LogP) is 2.98. The number of aryl methyl sites for hydroxylation is 3. The van der Waals surface area contributed by atoms with Gasteiger partial charge in [-0.05, 0) is 43.3 Å². The summed E-state index contributed by atoms with van der Waals surface area (Å²) in [6, 6.07) is 8.12. The summed E-state index contributed by atoms with van der Waals surface area (Å²) >= 11 is 1.60. The highest BCUT2D eigenvalue weighted by Crippen LogP contribution is 2.23. The van der Waals surface area contributed by atoms with E-state index in [0.29, 0.717) is 19.0 Å². The molecule has 0 radical (unpaired) electrons. The molecule has 0 fully saturated rings. The molecule has 0 aliphatic carbocycles. The molecule has 2 heterocycles. The van der Waals surface area contributed by atoms with Gasteiger partial charge in [0.05, 0.1) is 11.9 Å². The maximum Gasteiger partial charge on any atom is 0.279 e. The Kier molecular flexibility index (Phi) is 5.54. The molecule has 1 amide bonds. The number of aromatic nitrogens is 1. The molecule has 0 saturated carbocycles. The van der Waals surface area contributed by atoms with Crippen molar-refractivity contribution in [2.75, 3.05) is 18.9 Å². The topological polar surface area (TPSA) is 59.6 Å². The zero-order valence-electron chi connectivity index (χ0n) is 15.6. The van der Waals surface area contributed by atoms with Crippen LogP contribution in [0.5, 0.6) is 0 Å². The summed E-state index contributed by atoms with van der Waals surface area (Å²) in [5.41, 5.74) is 5.14. The van der Waals surface area contributed by atoms with Crippen molar-refractivity contribution >= 4 is 22.9 Å². The van der Waals surface area contributed by atoms with E-state index in [4.69, 9.17) is 4.42 Å². The molecule has 0 spiro atoms. The first-order chi connectivity index (χ1) is 12.4. The third kappa shape index (κ3) is 4.39. The van der Waals surface area contributed by atoms with Crippen LogP contribution in [0.25, 0.3) is 10.8 Å². The average molecular weight is 370 g/mol. The highest BCUT2D eigenvalue weighted by atomic mass is 32.1. The Bertz CT molecular complexity index is 877. The maximum absolute atomic E-state index is 12.4. The molecule has 1 atom stereocenters. The first-order valence-electron chi connectivity index (χ1n) is 8.59. The number of nitrogens with one attached hydrogen (secondary N) is 2. The van der Waals surface area contributed by atoms with Crippen molar-refractivity contribution in [3.63, 3.8) is 0 Å². The van der Waals surface area contributed by atoms with E-state index < -0.39 is 0 Å². The van der Waals surface area contributed by atoms with Gasteiger partial charge < -0.3 is 14.6 Å². The van der Waals surface area contributed by atoms with E-state index in [2.05, 4.69) is 29.4 Å². The minimum Gasteiger partial charge on any atom is -0.443 e. The van der Waals surface area contributed by atoms with E-state index in [9.17, 15) is 4.79 Å². The van der Waals surface area contributed by atoms with Gasteiger partial charge in [0.25, 0.3) is 5.91 Å². The molecule has 3 aromatic rings. The van der Waals surface area contributed by atoms with Crippen LogP contribution in [-0.2, 0) is 11.3 Å². The average Bonchev–Trinajstić information content (AvgIpc) is 3.21. The molecule has 0 saturated heterocycles. The Morgan fingerprint density at radius 2 is 2.00 bits per heavy atom. The van der Waals surface area contributed by atoms with Gasteiger partial charge in [-0.1, -0.05) is 23.8 Å². The molecule has 0 aliphatic rings. The summed E-state index contributed by atoms with van der Waals surface area (Å²) in [5, 5.41) is 5.04. The third-order valence-electron chi connectivity index (χ3n) is 4.17. The van der Waals surface area contributed by atoms with Gasteiger partial charge in [-0.2, -0.15) is 0 Å². The van der Waals surface area contributed by atoms with Crippen LogP contribution >= 0.6 is 11.3 Å². The number of quaternary nitrogens is 1. The smallest absolute Gasteiger partial charge is 0.279 e. The molecule has 136 valence electrons. The van der Waals surface area contributed by atoms with Crippen LogP contribution in [0.2, 0.25) is 0 Å². The number of oxazole rings is 1. The third-order valence-corrected chi connectivity index (χ3v) is 5.03. The molecule has 0 aliphatic heterocycles. The van der Waals surface area contributed by atoms with Crippen LogP contribution in [-0.4, -0.2) is 24.5 Å².